The summed E-state index contributed by atoms with van der Waals surface area (Å²) < 4.78 is 0. The van der Waals surface area contributed by atoms with Crippen LogP contribution in [-0.4, -0.2) is 0 Å². The van der Waals surface area contributed by atoms with E-state index >= 15 is 0 Å². The van der Waals surface area contributed by atoms with Gasteiger partial charge in [-0.25, -0.2) is 0 Å². The fourth-order valence-electron chi connectivity index (χ4n) is 0.757. The molecule has 0 heteroatoms. The molecule has 0 aromatic heterocycles. The zero-order valence-electron chi connectivity index (χ0n) is 7.88. The number of allylic oxidation sites excluding steroid dienone is 8. The molecule has 0 aromatic carbocycles. The van der Waals surface area contributed by atoms with Crippen LogP contribution in [0, 0.1) is 0 Å². The van der Waals surface area contributed by atoms with Gasteiger partial charge in [0, 0.05) is 0 Å². The molecule has 12 heavy (non-hydrogen) atoms. The summed E-state index contributed by atoms with van der Waals surface area (Å²) in [7, 11) is 0. The smallest absolute Gasteiger partial charge is 0.0305 e. The summed E-state index contributed by atoms with van der Waals surface area (Å²) in [5.74, 6) is 0. The molecule has 0 atom stereocenters. The molecule has 0 N–H and O–H groups in total. The molecule has 0 heterocycles. The molecule has 0 aliphatic carbocycles. The van der Waals surface area contributed by atoms with Crippen molar-refractivity contribution in [3.8, 4) is 0 Å². The molecular formula is C12H16. The average Bonchev–Trinajstić information content (AvgIpc) is 2.13. The number of hydrogen-bond donors (Lipinski definition) is 0. The quantitative estimate of drug-likeness (QED) is 0.549. The zero-order chi connectivity index (χ0) is 9.40. The third-order valence-corrected chi connectivity index (χ3v) is 1.61. The maximum atomic E-state index is 3.70. The van der Waals surface area contributed by atoms with E-state index in [1.165, 1.54) is 0 Å². The van der Waals surface area contributed by atoms with Crippen LogP contribution >= 0.6 is 0 Å². The van der Waals surface area contributed by atoms with E-state index in [1.807, 2.05) is 50.3 Å². The summed E-state index contributed by atoms with van der Waals surface area (Å²) in [6.45, 7) is 11.4. The lowest BCUT2D eigenvalue weighted by Crippen LogP contribution is -1.71. The minimum atomic E-state index is 1.12. The van der Waals surface area contributed by atoms with Gasteiger partial charge in [-0.2, -0.15) is 0 Å². The van der Waals surface area contributed by atoms with E-state index in [9.17, 15) is 0 Å². The van der Waals surface area contributed by atoms with Crippen molar-refractivity contribution < 1.29 is 0 Å². The SMILES string of the molecule is C=CC(/C=C/C(C=C)=C/C)=C\C. The van der Waals surface area contributed by atoms with Crippen LogP contribution in [0.25, 0.3) is 0 Å². The second-order valence-electron chi connectivity index (χ2n) is 2.32. The molecule has 0 saturated heterocycles. The van der Waals surface area contributed by atoms with E-state index in [0.29, 0.717) is 0 Å². The van der Waals surface area contributed by atoms with Gasteiger partial charge >= 0.3 is 0 Å². The predicted molar refractivity (Wildman–Crippen MR) is 57.0 cm³/mol. The van der Waals surface area contributed by atoms with E-state index in [0.717, 1.165) is 11.1 Å². The Morgan fingerprint density at radius 3 is 1.33 bits per heavy atom. The lowest BCUT2D eigenvalue weighted by Gasteiger charge is -1.91. The number of hydrogen-bond acceptors (Lipinski definition) is 0. The minimum absolute atomic E-state index is 1.12. The molecule has 0 rings (SSSR count). The Labute approximate surface area is 75.3 Å². The van der Waals surface area contributed by atoms with Gasteiger partial charge in [-0.15, -0.1) is 0 Å². The Bertz CT molecular complexity index is 211. The standard InChI is InChI=1S/C12H16/c1-5-11(6-2)9-10-12(7-3)8-4/h5-10H,1,3H2,2,4H3/b10-9+,11-6+,12-8+. The Balaban J connectivity index is 4.41. The van der Waals surface area contributed by atoms with Crippen molar-refractivity contribution in [3.05, 3.63) is 60.8 Å². The van der Waals surface area contributed by atoms with Gasteiger partial charge in [0.05, 0.1) is 0 Å². The molecule has 0 aromatic rings. The van der Waals surface area contributed by atoms with Crippen LogP contribution < -0.4 is 0 Å². The second-order valence-corrected chi connectivity index (χ2v) is 2.32. The molecule has 0 bridgehead atoms. The zero-order valence-corrected chi connectivity index (χ0v) is 7.88. The highest BCUT2D eigenvalue weighted by Crippen LogP contribution is 2.03. The Kier molecular flexibility index (Phi) is 5.72. The van der Waals surface area contributed by atoms with Crippen molar-refractivity contribution in [2.75, 3.05) is 0 Å². The summed E-state index contributed by atoms with van der Waals surface area (Å²) >= 11 is 0. The molecule has 0 unspecified atom stereocenters. The van der Waals surface area contributed by atoms with Gasteiger partial charge in [0.15, 0.2) is 0 Å². The normalized spacial score (nSPS) is 13.5. The highest BCUT2D eigenvalue weighted by atomic mass is 13.9. The lowest BCUT2D eigenvalue weighted by atomic mass is 10.1. The van der Waals surface area contributed by atoms with Crippen molar-refractivity contribution >= 4 is 0 Å². The van der Waals surface area contributed by atoms with E-state index in [4.69, 9.17) is 0 Å². The van der Waals surface area contributed by atoms with Crippen molar-refractivity contribution in [2.24, 2.45) is 0 Å². The van der Waals surface area contributed by atoms with Gasteiger partial charge in [0.25, 0.3) is 0 Å². The first-order chi connectivity index (χ1) is 5.78. The fraction of sp³-hybridized carbons (Fsp3) is 0.167. The van der Waals surface area contributed by atoms with Crippen LogP contribution in [0.1, 0.15) is 13.8 Å². The average molecular weight is 160 g/mol. The first kappa shape index (κ1) is 10.7. The Hall–Kier alpha value is -1.30. The summed E-state index contributed by atoms with van der Waals surface area (Å²) in [4.78, 5) is 0. The number of rotatable bonds is 4. The molecule has 0 saturated carbocycles. The summed E-state index contributed by atoms with van der Waals surface area (Å²) in [5, 5.41) is 0. The molecule has 0 aliphatic rings. The molecule has 0 fully saturated rings. The molecule has 0 spiro atoms. The van der Waals surface area contributed by atoms with Gasteiger partial charge in [0.1, 0.15) is 0 Å². The van der Waals surface area contributed by atoms with Crippen LogP contribution in [0.5, 0.6) is 0 Å². The largest absolute Gasteiger partial charge is 0.0985 e. The van der Waals surface area contributed by atoms with Gasteiger partial charge < -0.3 is 0 Å². The molecule has 0 amide bonds. The molecular weight excluding hydrogens is 144 g/mol. The molecule has 0 nitrogen and oxygen atoms in total. The van der Waals surface area contributed by atoms with E-state index in [-0.39, 0.29) is 0 Å². The summed E-state index contributed by atoms with van der Waals surface area (Å²) in [5.41, 5.74) is 2.24. The van der Waals surface area contributed by atoms with Crippen LogP contribution in [0.15, 0.2) is 60.8 Å². The van der Waals surface area contributed by atoms with Crippen LogP contribution in [-0.2, 0) is 0 Å². The van der Waals surface area contributed by atoms with Crippen molar-refractivity contribution in [3.63, 3.8) is 0 Å². The Morgan fingerprint density at radius 2 is 1.17 bits per heavy atom. The highest BCUT2D eigenvalue weighted by Gasteiger charge is 1.82. The lowest BCUT2D eigenvalue weighted by molar-refractivity contribution is 1.56. The van der Waals surface area contributed by atoms with E-state index < -0.39 is 0 Å². The molecule has 0 aliphatic heterocycles. The highest BCUT2D eigenvalue weighted by molar-refractivity contribution is 5.37. The van der Waals surface area contributed by atoms with E-state index in [1.54, 1.807) is 0 Å². The summed E-state index contributed by atoms with van der Waals surface area (Å²) in [6, 6.07) is 0. The summed E-state index contributed by atoms with van der Waals surface area (Å²) in [6.07, 6.45) is 11.7. The third-order valence-electron chi connectivity index (χ3n) is 1.61. The monoisotopic (exact) mass is 160 g/mol. The van der Waals surface area contributed by atoms with Crippen LogP contribution in [0.3, 0.4) is 0 Å². The predicted octanol–water partition coefficient (Wildman–Crippen LogP) is 3.81. The Morgan fingerprint density at radius 1 is 0.833 bits per heavy atom. The maximum absolute atomic E-state index is 3.70. The van der Waals surface area contributed by atoms with Gasteiger partial charge in [-0.1, -0.05) is 49.6 Å². The van der Waals surface area contributed by atoms with Gasteiger partial charge in [-0.05, 0) is 25.0 Å². The third kappa shape index (κ3) is 3.77. The van der Waals surface area contributed by atoms with Crippen molar-refractivity contribution in [1.29, 1.82) is 0 Å². The first-order valence-corrected chi connectivity index (χ1v) is 4.04. The van der Waals surface area contributed by atoms with Crippen molar-refractivity contribution in [2.45, 2.75) is 13.8 Å². The van der Waals surface area contributed by atoms with Crippen LogP contribution in [0.4, 0.5) is 0 Å². The minimum Gasteiger partial charge on any atom is -0.0985 e. The van der Waals surface area contributed by atoms with Crippen molar-refractivity contribution in [1.82, 2.24) is 0 Å². The van der Waals surface area contributed by atoms with Gasteiger partial charge in [0.2, 0.25) is 0 Å². The first-order valence-electron chi connectivity index (χ1n) is 4.04. The second kappa shape index (κ2) is 6.41. The molecule has 64 valence electrons. The fourth-order valence-corrected chi connectivity index (χ4v) is 0.757. The molecule has 0 radical (unpaired) electrons. The van der Waals surface area contributed by atoms with Crippen LogP contribution in [0.2, 0.25) is 0 Å². The maximum Gasteiger partial charge on any atom is -0.0305 e. The topological polar surface area (TPSA) is 0 Å². The van der Waals surface area contributed by atoms with Gasteiger partial charge in [-0.3, -0.25) is 0 Å². The van der Waals surface area contributed by atoms with E-state index in [2.05, 4.69) is 13.2 Å².